The summed E-state index contributed by atoms with van der Waals surface area (Å²) >= 11 is 5.59. The van der Waals surface area contributed by atoms with E-state index < -0.39 is 5.82 Å². The molecule has 1 saturated heterocycles. The van der Waals surface area contributed by atoms with Gasteiger partial charge in [0.2, 0.25) is 0 Å². The molecule has 1 fully saturated rings. The third-order valence-corrected chi connectivity index (χ3v) is 3.24. The summed E-state index contributed by atoms with van der Waals surface area (Å²) in [6, 6.07) is 4.29. The first-order valence-corrected chi connectivity index (χ1v) is 5.94. The van der Waals surface area contributed by atoms with E-state index in [0.29, 0.717) is 12.1 Å². The summed E-state index contributed by atoms with van der Waals surface area (Å²) in [4.78, 5) is 13.9. The van der Waals surface area contributed by atoms with E-state index in [9.17, 15) is 9.18 Å². The number of rotatable bonds is 1. The summed E-state index contributed by atoms with van der Waals surface area (Å²) in [6.45, 7) is 4.15. The molecule has 1 heterocycles. The molecule has 3 nitrogen and oxygen atoms in total. The lowest BCUT2D eigenvalue weighted by Crippen LogP contribution is -2.52. The molecule has 17 heavy (non-hydrogen) atoms. The topological polar surface area (TPSA) is 32.3 Å². The van der Waals surface area contributed by atoms with Crippen molar-refractivity contribution in [3.8, 4) is 0 Å². The normalized spacial score (nSPS) is 20.4. The minimum atomic E-state index is -0.555. The van der Waals surface area contributed by atoms with E-state index >= 15 is 0 Å². The van der Waals surface area contributed by atoms with Gasteiger partial charge in [0.25, 0.3) is 5.91 Å². The van der Waals surface area contributed by atoms with Crippen LogP contribution in [0.4, 0.5) is 4.39 Å². The second-order valence-electron chi connectivity index (χ2n) is 4.18. The fourth-order valence-corrected chi connectivity index (χ4v) is 2.06. The molecule has 1 aromatic rings. The van der Waals surface area contributed by atoms with Gasteiger partial charge in [0, 0.05) is 31.2 Å². The molecule has 0 radical (unpaired) electrons. The Morgan fingerprint density at radius 3 is 3.00 bits per heavy atom. The van der Waals surface area contributed by atoms with Crippen molar-refractivity contribution in [1.29, 1.82) is 0 Å². The molecule has 0 saturated carbocycles. The van der Waals surface area contributed by atoms with Crippen molar-refractivity contribution >= 4 is 17.5 Å². The molecular weight excluding hydrogens is 243 g/mol. The van der Waals surface area contributed by atoms with Gasteiger partial charge in [-0.25, -0.2) is 4.39 Å². The third kappa shape index (κ3) is 2.58. The number of benzene rings is 1. The van der Waals surface area contributed by atoms with Crippen LogP contribution < -0.4 is 5.32 Å². The zero-order valence-corrected chi connectivity index (χ0v) is 10.3. The molecule has 2 rings (SSSR count). The molecule has 5 heteroatoms. The van der Waals surface area contributed by atoms with Gasteiger partial charge in [-0.15, -0.1) is 0 Å². The summed E-state index contributed by atoms with van der Waals surface area (Å²) in [7, 11) is 0. The molecule has 92 valence electrons. The number of nitrogens with one attached hydrogen (secondary N) is 1. The number of halogens is 2. The van der Waals surface area contributed by atoms with E-state index in [1.807, 2.05) is 6.92 Å². The molecule has 0 aromatic heterocycles. The third-order valence-electron chi connectivity index (χ3n) is 2.93. The minimum Gasteiger partial charge on any atom is -0.333 e. The fraction of sp³-hybridized carbons (Fsp3) is 0.417. The van der Waals surface area contributed by atoms with Crippen LogP contribution in [0.15, 0.2) is 18.2 Å². The van der Waals surface area contributed by atoms with E-state index in [4.69, 9.17) is 11.6 Å². The SMILES string of the molecule is CC1CNCCN1C(=O)c1ccc(Cl)c(F)c1. The number of nitrogens with zero attached hydrogens (tertiary/aromatic N) is 1. The highest BCUT2D eigenvalue weighted by molar-refractivity contribution is 6.30. The average molecular weight is 257 g/mol. The standard InChI is InChI=1S/C12H14ClFN2O/c1-8-7-15-4-5-16(8)12(17)9-2-3-10(13)11(14)6-9/h2-3,6,8,15H,4-5,7H2,1H3. The largest absolute Gasteiger partial charge is 0.333 e. The molecular formula is C12H14ClFN2O. The monoisotopic (exact) mass is 256 g/mol. The highest BCUT2D eigenvalue weighted by Crippen LogP contribution is 2.18. The van der Waals surface area contributed by atoms with E-state index in [1.165, 1.54) is 12.1 Å². The Balaban J connectivity index is 2.21. The first kappa shape index (κ1) is 12.3. The maximum Gasteiger partial charge on any atom is 0.254 e. The van der Waals surface area contributed by atoms with Gasteiger partial charge in [0.15, 0.2) is 0 Å². The van der Waals surface area contributed by atoms with Crippen LogP contribution in [0.2, 0.25) is 5.02 Å². The Morgan fingerprint density at radius 2 is 2.35 bits per heavy atom. The Morgan fingerprint density at radius 1 is 1.59 bits per heavy atom. The number of carbonyl (C=O) groups is 1. The minimum absolute atomic E-state index is 0.0370. The van der Waals surface area contributed by atoms with Crippen molar-refractivity contribution in [2.45, 2.75) is 13.0 Å². The van der Waals surface area contributed by atoms with Gasteiger partial charge in [0.1, 0.15) is 5.82 Å². The second-order valence-corrected chi connectivity index (χ2v) is 4.59. The highest BCUT2D eigenvalue weighted by atomic mass is 35.5. The number of hydrogen-bond donors (Lipinski definition) is 1. The van der Waals surface area contributed by atoms with E-state index in [-0.39, 0.29) is 17.0 Å². The zero-order chi connectivity index (χ0) is 12.4. The second kappa shape index (κ2) is 5.02. The molecule has 1 aliphatic rings. The van der Waals surface area contributed by atoms with Crippen molar-refractivity contribution < 1.29 is 9.18 Å². The van der Waals surface area contributed by atoms with E-state index in [2.05, 4.69) is 5.32 Å². The van der Waals surface area contributed by atoms with Gasteiger partial charge in [-0.1, -0.05) is 11.6 Å². The van der Waals surface area contributed by atoms with Crippen molar-refractivity contribution in [2.75, 3.05) is 19.6 Å². The molecule has 1 atom stereocenters. The Kier molecular flexibility index (Phi) is 3.64. The van der Waals surface area contributed by atoms with Crippen molar-refractivity contribution in [3.63, 3.8) is 0 Å². The number of hydrogen-bond acceptors (Lipinski definition) is 2. The molecule has 1 aromatic carbocycles. The lowest BCUT2D eigenvalue weighted by Gasteiger charge is -2.34. The van der Waals surface area contributed by atoms with E-state index in [1.54, 1.807) is 11.0 Å². The molecule has 1 unspecified atom stereocenters. The zero-order valence-electron chi connectivity index (χ0n) is 9.54. The van der Waals surface area contributed by atoms with E-state index in [0.717, 1.165) is 13.1 Å². The highest BCUT2D eigenvalue weighted by Gasteiger charge is 2.24. The molecule has 1 N–H and O–H groups in total. The van der Waals surface area contributed by atoms with Gasteiger partial charge in [-0.05, 0) is 25.1 Å². The summed E-state index contributed by atoms with van der Waals surface area (Å²) in [5.74, 6) is -0.699. The Bertz CT molecular complexity index is 439. The summed E-state index contributed by atoms with van der Waals surface area (Å²) < 4.78 is 13.3. The Hall–Kier alpha value is -1.13. The molecule has 1 aliphatic heterocycles. The van der Waals surface area contributed by atoms with Crippen LogP contribution >= 0.6 is 11.6 Å². The summed E-state index contributed by atoms with van der Waals surface area (Å²) in [5, 5.41) is 3.24. The number of piperazine rings is 1. The van der Waals surface area contributed by atoms with Gasteiger partial charge in [0.05, 0.1) is 5.02 Å². The number of amides is 1. The van der Waals surface area contributed by atoms with Gasteiger partial charge < -0.3 is 10.2 Å². The average Bonchev–Trinajstić information content (AvgIpc) is 2.32. The van der Waals surface area contributed by atoms with Crippen LogP contribution in [0.3, 0.4) is 0 Å². The summed E-state index contributed by atoms with van der Waals surface area (Å²) in [6.07, 6.45) is 0. The predicted molar refractivity (Wildman–Crippen MR) is 64.8 cm³/mol. The van der Waals surface area contributed by atoms with Gasteiger partial charge >= 0.3 is 0 Å². The molecule has 0 aliphatic carbocycles. The maximum atomic E-state index is 13.3. The van der Waals surface area contributed by atoms with Crippen LogP contribution in [-0.4, -0.2) is 36.5 Å². The molecule has 0 bridgehead atoms. The van der Waals surface area contributed by atoms with Crippen LogP contribution in [0.25, 0.3) is 0 Å². The Labute approximate surface area is 105 Å². The summed E-state index contributed by atoms with van der Waals surface area (Å²) in [5.41, 5.74) is 0.348. The van der Waals surface area contributed by atoms with Crippen LogP contribution in [0, 0.1) is 5.82 Å². The first-order chi connectivity index (χ1) is 8.09. The van der Waals surface area contributed by atoms with Gasteiger partial charge in [-0.2, -0.15) is 0 Å². The smallest absolute Gasteiger partial charge is 0.254 e. The quantitative estimate of drug-likeness (QED) is 0.833. The fourth-order valence-electron chi connectivity index (χ4n) is 1.94. The molecule has 0 spiro atoms. The van der Waals surface area contributed by atoms with Gasteiger partial charge in [-0.3, -0.25) is 4.79 Å². The van der Waals surface area contributed by atoms with Crippen LogP contribution in [0.1, 0.15) is 17.3 Å². The van der Waals surface area contributed by atoms with Crippen LogP contribution in [0.5, 0.6) is 0 Å². The van der Waals surface area contributed by atoms with Crippen molar-refractivity contribution in [2.24, 2.45) is 0 Å². The predicted octanol–water partition coefficient (Wildman–Crippen LogP) is 1.91. The lowest BCUT2D eigenvalue weighted by molar-refractivity contribution is 0.0655. The van der Waals surface area contributed by atoms with Crippen LogP contribution in [-0.2, 0) is 0 Å². The maximum absolute atomic E-state index is 13.3. The van der Waals surface area contributed by atoms with Crippen molar-refractivity contribution in [3.05, 3.63) is 34.6 Å². The first-order valence-electron chi connectivity index (χ1n) is 5.56. The lowest BCUT2D eigenvalue weighted by atomic mass is 10.1. The molecule has 1 amide bonds. The number of carbonyl (C=O) groups excluding carboxylic acids is 1. The van der Waals surface area contributed by atoms with Crippen molar-refractivity contribution in [1.82, 2.24) is 10.2 Å².